The summed E-state index contributed by atoms with van der Waals surface area (Å²) in [5.41, 5.74) is 2.54. The Morgan fingerprint density at radius 3 is 2.81 bits per heavy atom. The van der Waals surface area contributed by atoms with E-state index in [0.717, 1.165) is 17.9 Å². The van der Waals surface area contributed by atoms with E-state index in [-0.39, 0.29) is 0 Å². The molecule has 1 saturated carbocycles. The van der Waals surface area contributed by atoms with Crippen molar-refractivity contribution in [1.82, 2.24) is 9.97 Å². The minimum atomic E-state index is -0.391. The summed E-state index contributed by atoms with van der Waals surface area (Å²) in [6.45, 7) is 4.86. The predicted octanol–water partition coefficient (Wildman–Crippen LogP) is 4.35. The Hall–Kier alpha value is -2.43. The second-order valence-electron chi connectivity index (χ2n) is 6.94. The standard InChI is InChI=1S/C21H27N3O2/c1-3-26-21(25)19-15(2)20(24-14-23-19)22-13-16-8-7-11-18(12-16)17-9-5-4-6-10-17/h4-6,9-10,14,16,18H,3,7-8,11-13H2,1-2H3,(H,22,23,24). The number of nitrogens with one attached hydrogen (secondary N) is 1. The van der Waals surface area contributed by atoms with E-state index in [4.69, 9.17) is 4.74 Å². The fraction of sp³-hybridized carbons (Fsp3) is 0.476. The van der Waals surface area contributed by atoms with Crippen molar-refractivity contribution < 1.29 is 9.53 Å². The van der Waals surface area contributed by atoms with Gasteiger partial charge >= 0.3 is 5.97 Å². The highest BCUT2D eigenvalue weighted by Crippen LogP contribution is 2.36. The second-order valence-corrected chi connectivity index (χ2v) is 6.94. The molecule has 1 aromatic heterocycles. The van der Waals surface area contributed by atoms with Gasteiger partial charge in [-0.15, -0.1) is 0 Å². The van der Waals surface area contributed by atoms with Gasteiger partial charge in [-0.25, -0.2) is 14.8 Å². The van der Waals surface area contributed by atoms with Crippen molar-refractivity contribution in [2.24, 2.45) is 5.92 Å². The molecule has 1 heterocycles. The van der Waals surface area contributed by atoms with Crippen LogP contribution in [0, 0.1) is 12.8 Å². The van der Waals surface area contributed by atoms with Crippen LogP contribution in [-0.2, 0) is 4.74 Å². The Labute approximate surface area is 155 Å². The van der Waals surface area contributed by atoms with Gasteiger partial charge in [0.25, 0.3) is 0 Å². The summed E-state index contributed by atoms with van der Waals surface area (Å²) < 4.78 is 5.06. The van der Waals surface area contributed by atoms with E-state index in [1.807, 2.05) is 6.92 Å². The molecule has 26 heavy (non-hydrogen) atoms. The number of ether oxygens (including phenoxy) is 1. The summed E-state index contributed by atoms with van der Waals surface area (Å²) in [7, 11) is 0. The molecule has 5 heteroatoms. The monoisotopic (exact) mass is 353 g/mol. The van der Waals surface area contributed by atoms with Crippen molar-refractivity contribution in [3.05, 3.63) is 53.5 Å². The lowest BCUT2D eigenvalue weighted by atomic mass is 9.78. The van der Waals surface area contributed by atoms with Gasteiger partial charge in [-0.05, 0) is 50.5 Å². The molecule has 1 fully saturated rings. The van der Waals surface area contributed by atoms with Crippen LogP contribution in [0.5, 0.6) is 0 Å². The smallest absolute Gasteiger partial charge is 0.357 e. The number of benzene rings is 1. The molecule has 2 aromatic rings. The summed E-state index contributed by atoms with van der Waals surface area (Å²) in [6.07, 6.45) is 6.36. The third kappa shape index (κ3) is 4.40. The van der Waals surface area contributed by atoms with E-state index in [1.165, 1.54) is 37.6 Å². The minimum absolute atomic E-state index is 0.341. The predicted molar refractivity (Wildman–Crippen MR) is 102 cm³/mol. The van der Waals surface area contributed by atoms with Gasteiger partial charge in [0.05, 0.1) is 6.61 Å². The molecule has 3 rings (SSSR count). The molecule has 0 bridgehead atoms. The number of aromatic nitrogens is 2. The third-order valence-corrected chi connectivity index (χ3v) is 5.16. The van der Waals surface area contributed by atoms with Crippen LogP contribution in [0.25, 0.3) is 0 Å². The summed E-state index contributed by atoms with van der Waals surface area (Å²) in [6, 6.07) is 10.8. The lowest BCUT2D eigenvalue weighted by molar-refractivity contribution is 0.0518. The van der Waals surface area contributed by atoms with E-state index in [0.29, 0.717) is 24.1 Å². The van der Waals surface area contributed by atoms with Crippen molar-refractivity contribution in [2.75, 3.05) is 18.5 Å². The minimum Gasteiger partial charge on any atom is -0.461 e. The Morgan fingerprint density at radius 1 is 1.23 bits per heavy atom. The van der Waals surface area contributed by atoms with Crippen LogP contribution in [0.4, 0.5) is 5.82 Å². The quantitative estimate of drug-likeness (QED) is 0.782. The SMILES string of the molecule is CCOC(=O)c1ncnc(NCC2CCCC(c3ccccc3)C2)c1C. The van der Waals surface area contributed by atoms with Gasteiger partial charge in [0.15, 0.2) is 5.69 Å². The number of hydrogen-bond acceptors (Lipinski definition) is 5. The zero-order valence-corrected chi connectivity index (χ0v) is 15.6. The summed E-state index contributed by atoms with van der Waals surface area (Å²) >= 11 is 0. The number of rotatable bonds is 6. The molecule has 0 amide bonds. The zero-order chi connectivity index (χ0) is 18.4. The number of anilines is 1. The van der Waals surface area contributed by atoms with Crippen LogP contribution in [0.15, 0.2) is 36.7 Å². The topological polar surface area (TPSA) is 64.1 Å². The van der Waals surface area contributed by atoms with E-state index in [1.54, 1.807) is 6.92 Å². The molecule has 0 aliphatic heterocycles. The summed E-state index contributed by atoms with van der Waals surface area (Å²) in [5, 5.41) is 3.43. The molecule has 1 aliphatic carbocycles. The molecule has 2 atom stereocenters. The first-order valence-corrected chi connectivity index (χ1v) is 9.46. The second kappa shape index (κ2) is 8.79. The van der Waals surface area contributed by atoms with Crippen molar-refractivity contribution in [3.63, 3.8) is 0 Å². The Bertz CT molecular complexity index is 733. The molecule has 5 nitrogen and oxygen atoms in total. The number of carbonyl (C=O) groups is 1. The number of esters is 1. The van der Waals surface area contributed by atoms with E-state index >= 15 is 0 Å². The molecular formula is C21H27N3O2. The Morgan fingerprint density at radius 2 is 2.04 bits per heavy atom. The van der Waals surface area contributed by atoms with Crippen molar-refractivity contribution >= 4 is 11.8 Å². The molecule has 1 aliphatic rings. The average Bonchev–Trinajstić information content (AvgIpc) is 2.68. The first-order chi connectivity index (χ1) is 12.7. The van der Waals surface area contributed by atoms with Crippen molar-refractivity contribution in [3.8, 4) is 0 Å². The maximum atomic E-state index is 12.0. The fourth-order valence-electron chi connectivity index (χ4n) is 3.78. The van der Waals surface area contributed by atoms with Crippen molar-refractivity contribution in [1.29, 1.82) is 0 Å². The zero-order valence-electron chi connectivity index (χ0n) is 15.6. The fourth-order valence-corrected chi connectivity index (χ4v) is 3.78. The van der Waals surface area contributed by atoms with Gasteiger partial charge in [0.2, 0.25) is 0 Å². The molecule has 0 saturated heterocycles. The van der Waals surface area contributed by atoms with E-state index in [9.17, 15) is 4.79 Å². The molecule has 2 unspecified atom stereocenters. The lowest BCUT2D eigenvalue weighted by Crippen LogP contribution is -2.22. The average molecular weight is 353 g/mol. The first kappa shape index (κ1) is 18.4. The van der Waals surface area contributed by atoms with Gasteiger partial charge in [-0.2, -0.15) is 0 Å². The number of nitrogens with zero attached hydrogens (tertiary/aromatic N) is 2. The van der Waals surface area contributed by atoms with Gasteiger partial charge < -0.3 is 10.1 Å². The lowest BCUT2D eigenvalue weighted by Gasteiger charge is -2.30. The highest BCUT2D eigenvalue weighted by Gasteiger charge is 2.23. The molecular weight excluding hydrogens is 326 g/mol. The van der Waals surface area contributed by atoms with Gasteiger partial charge in [0, 0.05) is 12.1 Å². The number of hydrogen-bond donors (Lipinski definition) is 1. The normalized spacial score (nSPS) is 19.8. The van der Waals surface area contributed by atoms with Crippen LogP contribution >= 0.6 is 0 Å². The molecule has 1 N–H and O–H groups in total. The molecule has 0 spiro atoms. The van der Waals surface area contributed by atoms with E-state index in [2.05, 4.69) is 45.6 Å². The van der Waals surface area contributed by atoms with Gasteiger partial charge in [-0.1, -0.05) is 36.8 Å². The summed E-state index contributed by atoms with van der Waals surface area (Å²) in [5.74, 6) is 1.58. The van der Waals surface area contributed by atoms with Crippen LogP contribution in [0.1, 0.15) is 60.1 Å². The van der Waals surface area contributed by atoms with Crippen LogP contribution < -0.4 is 5.32 Å². The van der Waals surface area contributed by atoms with Gasteiger partial charge in [-0.3, -0.25) is 0 Å². The van der Waals surface area contributed by atoms with Crippen LogP contribution in [0.2, 0.25) is 0 Å². The van der Waals surface area contributed by atoms with Crippen LogP contribution in [0.3, 0.4) is 0 Å². The summed E-state index contributed by atoms with van der Waals surface area (Å²) in [4.78, 5) is 20.4. The highest BCUT2D eigenvalue weighted by molar-refractivity contribution is 5.90. The van der Waals surface area contributed by atoms with Crippen molar-refractivity contribution in [2.45, 2.75) is 45.4 Å². The first-order valence-electron chi connectivity index (χ1n) is 9.46. The van der Waals surface area contributed by atoms with E-state index < -0.39 is 5.97 Å². The molecule has 138 valence electrons. The Balaban J connectivity index is 1.62. The third-order valence-electron chi connectivity index (χ3n) is 5.16. The van der Waals surface area contributed by atoms with Gasteiger partial charge in [0.1, 0.15) is 12.1 Å². The molecule has 1 aromatic carbocycles. The van der Waals surface area contributed by atoms with Crippen LogP contribution in [-0.4, -0.2) is 29.1 Å². The maximum absolute atomic E-state index is 12.0. The maximum Gasteiger partial charge on any atom is 0.357 e. The largest absolute Gasteiger partial charge is 0.461 e. The Kier molecular flexibility index (Phi) is 6.21. The number of carbonyl (C=O) groups excluding carboxylic acids is 1. The molecule has 0 radical (unpaired) electrons. The highest BCUT2D eigenvalue weighted by atomic mass is 16.5.